The van der Waals surface area contributed by atoms with E-state index in [1.54, 1.807) is 12.3 Å². The maximum Gasteiger partial charge on any atom is 0.307 e. The van der Waals surface area contributed by atoms with Gasteiger partial charge in [-0.05, 0) is 54.7 Å². The van der Waals surface area contributed by atoms with Gasteiger partial charge in [0.15, 0.2) is 5.11 Å². The van der Waals surface area contributed by atoms with E-state index < -0.39 is 0 Å². The van der Waals surface area contributed by atoms with Crippen LogP contribution in [0, 0.1) is 5.82 Å². The van der Waals surface area contributed by atoms with Crippen LogP contribution in [-0.4, -0.2) is 39.2 Å². The number of hydrogen-bond acceptors (Lipinski definition) is 4. The molecular formula is C22H21FN4O2S. The lowest BCUT2D eigenvalue weighted by Gasteiger charge is -2.28. The number of carbonyl (C=O) groups is 1. The lowest BCUT2D eigenvalue weighted by atomic mass is 10.0. The fourth-order valence-electron chi connectivity index (χ4n) is 3.78. The van der Waals surface area contributed by atoms with Gasteiger partial charge in [0.25, 0.3) is 0 Å². The first-order valence-corrected chi connectivity index (χ1v) is 9.97. The summed E-state index contributed by atoms with van der Waals surface area (Å²) < 4.78 is 20.6. The number of halogens is 1. The van der Waals surface area contributed by atoms with Crippen molar-refractivity contribution in [3.05, 3.63) is 84.2 Å². The molecule has 4 rings (SSSR count). The highest BCUT2D eigenvalue weighted by atomic mass is 32.1. The van der Waals surface area contributed by atoms with E-state index in [9.17, 15) is 9.18 Å². The van der Waals surface area contributed by atoms with Crippen LogP contribution in [0.25, 0.3) is 5.69 Å². The first kappa shape index (κ1) is 20.0. The van der Waals surface area contributed by atoms with E-state index in [1.807, 2.05) is 52.1 Å². The number of aromatic nitrogens is 2. The molecule has 2 unspecified atom stereocenters. The van der Waals surface area contributed by atoms with Crippen molar-refractivity contribution in [1.29, 1.82) is 0 Å². The van der Waals surface area contributed by atoms with Gasteiger partial charge in [-0.2, -0.15) is 0 Å². The molecule has 0 spiro atoms. The van der Waals surface area contributed by atoms with Crippen LogP contribution in [-0.2, 0) is 9.53 Å². The van der Waals surface area contributed by atoms with Gasteiger partial charge in [-0.3, -0.25) is 9.78 Å². The van der Waals surface area contributed by atoms with E-state index in [-0.39, 0.29) is 30.3 Å². The predicted octanol–water partition coefficient (Wildman–Crippen LogP) is 3.55. The van der Waals surface area contributed by atoms with Crippen molar-refractivity contribution in [2.24, 2.45) is 0 Å². The van der Waals surface area contributed by atoms with Crippen molar-refractivity contribution in [1.82, 2.24) is 19.8 Å². The van der Waals surface area contributed by atoms with Crippen LogP contribution in [0.1, 0.15) is 29.9 Å². The topological polar surface area (TPSA) is 59.4 Å². The fourth-order valence-corrected chi connectivity index (χ4v) is 4.11. The number of methoxy groups -OCH3 is 1. The maximum atomic E-state index is 13.9. The van der Waals surface area contributed by atoms with E-state index in [1.165, 1.54) is 19.2 Å². The van der Waals surface area contributed by atoms with E-state index >= 15 is 0 Å². The Balaban J connectivity index is 1.76. The number of carbonyl (C=O) groups excluding carboxylic acids is 1. The van der Waals surface area contributed by atoms with Gasteiger partial charge in [0.05, 0.1) is 31.3 Å². The molecule has 3 aromatic rings. The SMILES string of the molecule is COC(=O)CCN1C(=S)NC(c2ccccn2)C1c1cccn1-c1cccc(F)c1. The molecule has 0 amide bonds. The molecule has 0 radical (unpaired) electrons. The van der Waals surface area contributed by atoms with Crippen LogP contribution in [0.5, 0.6) is 0 Å². The normalized spacial score (nSPS) is 18.3. The van der Waals surface area contributed by atoms with E-state index in [2.05, 4.69) is 10.3 Å². The van der Waals surface area contributed by atoms with Gasteiger partial charge in [0.1, 0.15) is 5.82 Å². The first-order chi connectivity index (χ1) is 14.6. The average molecular weight is 425 g/mol. The molecule has 8 heteroatoms. The van der Waals surface area contributed by atoms with Crippen LogP contribution in [0.15, 0.2) is 67.0 Å². The molecule has 1 aromatic carbocycles. The van der Waals surface area contributed by atoms with Crippen molar-refractivity contribution in [2.75, 3.05) is 13.7 Å². The average Bonchev–Trinajstić information content (AvgIpc) is 3.36. The van der Waals surface area contributed by atoms with Crippen LogP contribution in [0.4, 0.5) is 4.39 Å². The fraction of sp³-hybridized carbons (Fsp3) is 0.227. The Morgan fingerprint density at radius 3 is 2.83 bits per heavy atom. The third-order valence-electron chi connectivity index (χ3n) is 5.15. The minimum atomic E-state index is -0.309. The van der Waals surface area contributed by atoms with Gasteiger partial charge < -0.3 is 19.5 Å². The molecule has 2 atom stereocenters. The number of nitrogens with zero attached hydrogens (tertiary/aromatic N) is 3. The number of pyridine rings is 1. The number of ether oxygens (including phenoxy) is 1. The van der Waals surface area contributed by atoms with E-state index in [0.29, 0.717) is 17.3 Å². The standard InChI is InChI=1S/C22H21FN4O2S/c1-29-19(28)10-13-27-21(20(25-22(27)30)17-8-2-3-11-24-17)18-9-5-12-26(18)16-7-4-6-15(23)14-16/h2-9,11-12,14,20-21H,10,13H2,1H3,(H,25,30). The molecule has 1 fully saturated rings. The number of esters is 1. The number of thiocarbonyl (C=S) groups is 1. The molecule has 30 heavy (non-hydrogen) atoms. The lowest BCUT2D eigenvalue weighted by Crippen LogP contribution is -2.32. The van der Waals surface area contributed by atoms with Gasteiger partial charge in [-0.1, -0.05) is 12.1 Å². The Morgan fingerprint density at radius 2 is 2.10 bits per heavy atom. The number of benzene rings is 1. The van der Waals surface area contributed by atoms with Crippen LogP contribution in [0.2, 0.25) is 0 Å². The molecule has 1 aliphatic heterocycles. The van der Waals surface area contributed by atoms with E-state index in [0.717, 1.165) is 11.4 Å². The summed E-state index contributed by atoms with van der Waals surface area (Å²) in [5.41, 5.74) is 2.45. The smallest absolute Gasteiger partial charge is 0.307 e. The minimum Gasteiger partial charge on any atom is -0.469 e. The highest BCUT2D eigenvalue weighted by molar-refractivity contribution is 7.80. The zero-order valence-corrected chi connectivity index (χ0v) is 17.2. The molecule has 1 aliphatic rings. The van der Waals surface area contributed by atoms with Gasteiger partial charge >= 0.3 is 5.97 Å². The summed E-state index contributed by atoms with van der Waals surface area (Å²) in [5, 5.41) is 3.88. The molecule has 6 nitrogen and oxygen atoms in total. The van der Waals surface area contributed by atoms with Crippen molar-refractivity contribution < 1.29 is 13.9 Å². The van der Waals surface area contributed by atoms with Gasteiger partial charge in [0, 0.05) is 30.3 Å². The Hall–Kier alpha value is -3.26. The molecule has 0 saturated carbocycles. The van der Waals surface area contributed by atoms with Gasteiger partial charge in [-0.25, -0.2) is 4.39 Å². The van der Waals surface area contributed by atoms with Crippen LogP contribution < -0.4 is 5.32 Å². The lowest BCUT2D eigenvalue weighted by molar-refractivity contribution is -0.140. The zero-order chi connectivity index (χ0) is 21.1. The summed E-state index contributed by atoms with van der Waals surface area (Å²) in [5.74, 6) is -0.616. The highest BCUT2D eigenvalue weighted by Crippen LogP contribution is 2.39. The molecule has 1 N–H and O–H groups in total. The van der Waals surface area contributed by atoms with Crippen molar-refractivity contribution in [3.63, 3.8) is 0 Å². The molecule has 1 saturated heterocycles. The Labute approximate surface area is 179 Å². The Kier molecular flexibility index (Phi) is 5.76. The monoisotopic (exact) mass is 424 g/mol. The van der Waals surface area contributed by atoms with Crippen LogP contribution in [0.3, 0.4) is 0 Å². The summed E-state index contributed by atoms with van der Waals surface area (Å²) in [4.78, 5) is 18.3. The largest absolute Gasteiger partial charge is 0.469 e. The third kappa shape index (κ3) is 3.91. The molecule has 154 valence electrons. The van der Waals surface area contributed by atoms with E-state index in [4.69, 9.17) is 17.0 Å². The summed E-state index contributed by atoms with van der Waals surface area (Å²) in [6.45, 7) is 0.390. The van der Waals surface area contributed by atoms with Crippen molar-refractivity contribution in [2.45, 2.75) is 18.5 Å². The molecule has 2 aromatic heterocycles. The number of rotatable bonds is 6. The number of hydrogen-bond donors (Lipinski definition) is 1. The third-order valence-corrected chi connectivity index (χ3v) is 5.50. The maximum absolute atomic E-state index is 13.9. The minimum absolute atomic E-state index is 0.199. The van der Waals surface area contributed by atoms with Gasteiger partial charge in [-0.15, -0.1) is 0 Å². The first-order valence-electron chi connectivity index (χ1n) is 9.56. The second kappa shape index (κ2) is 8.62. The summed E-state index contributed by atoms with van der Waals surface area (Å²) in [7, 11) is 1.37. The Morgan fingerprint density at radius 1 is 1.23 bits per heavy atom. The van der Waals surface area contributed by atoms with Crippen molar-refractivity contribution in [3.8, 4) is 5.69 Å². The second-order valence-corrected chi connectivity index (χ2v) is 7.32. The summed E-state index contributed by atoms with van der Waals surface area (Å²) in [6, 6.07) is 15.6. The Bertz CT molecular complexity index is 1060. The molecular weight excluding hydrogens is 403 g/mol. The predicted molar refractivity (Wildman–Crippen MR) is 115 cm³/mol. The van der Waals surface area contributed by atoms with Gasteiger partial charge in [0.2, 0.25) is 0 Å². The molecule has 0 aliphatic carbocycles. The summed E-state index contributed by atoms with van der Waals surface area (Å²) in [6.07, 6.45) is 3.82. The number of nitrogens with one attached hydrogen (secondary N) is 1. The molecule has 0 bridgehead atoms. The highest BCUT2D eigenvalue weighted by Gasteiger charge is 2.41. The van der Waals surface area contributed by atoms with Crippen LogP contribution >= 0.6 is 12.2 Å². The molecule has 3 heterocycles. The second-order valence-electron chi connectivity index (χ2n) is 6.93. The summed E-state index contributed by atoms with van der Waals surface area (Å²) >= 11 is 5.60. The zero-order valence-electron chi connectivity index (χ0n) is 16.4. The quantitative estimate of drug-likeness (QED) is 0.483. The van der Waals surface area contributed by atoms with Crippen molar-refractivity contribution >= 4 is 23.3 Å².